The van der Waals surface area contributed by atoms with Gasteiger partial charge in [-0.3, -0.25) is 14.6 Å². The van der Waals surface area contributed by atoms with Gasteiger partial charge < -0.3 is 14.4 Å². The van der Waals surface area contributed by atoms with Crippen LogP contribution in [-0.2, 0) is 22.7 Å². The summed E-state index contributed by atoms with van der Waals surface area (Å²) in [6.45, 7) is 2.27. The molecule has 1 saturated heterocycles. The van der Waals surface area contributed by atoms with Gasteiger partial charge in [0.1, 0.15) is 0 Å². The number of para-hydroxylation sites is 1. The van der Waals surface area contributed by atoms with Gasteiger partial charge in [0, 0.05) is 51.0 Å². The van der Waals surface area contributed by atoms with E-state index in [9.17, 15) is 9.59 Å². The van der Waals surface area contributed by atoms with Crippen molar-refractivity contribution in [3.05, 3.63) is 66.6 Å². The molecular formula is C22H24N4O2. The van der Waals surface area contributed by atoms with Gasteiger partial charge in [-0.2, -0.15) is 0 Å². The number of benzene rings is 1. The number of rotatable bonds is 6. The van der Waals surface area contributed by atoms with E-state index in [4.69, 9.17) is 0 Å². The first-order valence-electron chi connectivity index (χ1n) is 9.58. The number of carbonyl (C=O) groups excluding carboxylic acids is 2. The Morgan fingerprint density at radius 3 is 2.82 bits per heavy atom. The lowest BCUT2D eigenvalue weighted by Crippen LogP contribution is -2.36. The highest BCUT2D eigenvalue weighted by Gasteiger charge is 2.35. The molecule has 0 unspecified atom stereocenters. The van der Waals surface area contributed by atoms with Crippen LogP contribution in [-0.4, -0.2) is 51.3 Å². The molecule has 1 fully saturated rings. The van der Waals surface area contributed by atoms with Gasteiger partial charge in [0.05, 0.1) is 18.2 Å². The summed E-state index contributed by atoms with van der Waals surface area (Å²) in [5.74, 6) is -0.218. The second kappa shape index (κ2) is 7.84. The third kappa shape index (κ3) is 3.76. The molecule has 0 aliphatic carbocycles. The quantitative estimate of drug-likeness (QED) is 0.664. The largest absolute Gasteiger partial charge is 0.346 e. The van der Waals surface area contributed by atoms with E-state index in [2.05, 4.69) is 33.9 Å². The lowest BCUT2D eigenvalue weighted by atomic mass is 10.1. The van der Waals surface area contributed by atoms with Gasteiger partial charge in [-0.05, 0) is 29.7 Å². The Morgan fingerprint density at radius 1 is 1.18 bits per heavy atom. The Hall–Kier alpha value is -3.15. The molecular weight excluding hydrogens is 352 g/mol. The fraction of sp³-hybridized carbons (Fsp3) is 0.318. The zero-order chi connectivity index (χ0) is 19.5. The average Bonchev–Trinajstić information content (AvgIpc) is 3.30. The third-order valence-electron chi connectivity index (χ3n) is 5.38. The van der Waals surface area contributed by atoms with Crippen molar-refractivity contribution < 1.29 is 9.59 Å². The van der Waals surface area contributed by atoms with Gasteiger partial charge in [0.25, 0.3) is 0 Å². The number of hydrogen-bond donors (Lipinski definition) is 0. The summed E-state index contributed by atoms with van der Waals surface area (Å²) < 4.78 is 2.16. The van der Waals surface area contributed by atoms with E-state index in [-0.39, 0.29) is 24.2 Å². The van der Waals surface area contributed by atoms with E-state index in [1.807, 2.05) is 37.4 Å². The predicted octanol–water partition coefficient (Wildman–Crippen LogP) is 2.54. The zero-order valence-electron chi connectivity index (χ0n) is 16.0. The van der Waals surface area contributed by atoms with Crippen LogP contribution in [0, 0.1) is 5.92 Å². The summed E-state index contributed by atoms with van der Waals surface area (Å²) in [6.07, 6.45) is 4.05. The van der Waals surface area contributed by atoms with E-state index in [1.165, 1.54) is 10.9 Å². The molecule has 1 aromatic carbocycles. The van der Waals surface area contributed by atoms with Crippen LogP contribution in [0.15, 0.2) is 60.9 Å². The van der Waals surface area contributed by atoms with Crippen LogP contribution in [0.4, 0.5) is 0 Å². The number of carbonyl (C=O) groups is 2. The first-order valence-corrected chi connectivity index (χ1v) is 9.58. The molecule has 4 rings (SSSR count). The molecule has 3 aromatic rings. The molecule has 6 heteroatoms. The van der Waals surface area contributed by atoms with Gasteiger partial charge in [0.2, 0.25) is 11.8 Å². The van der Waals surface area contributed by atoms with Crippen molar-refractivity contribution >= 4 is 22.7 Å². The molecule has 0 saturated carbocycles. The molecule has 2 aromatic heterocycles. The number of pyridine rings is 1. The van der Waals surface area contributed by atoms with Gasteiger partial charge >= 0.3 is 0 Å². The van der Waals surface area contributed by atoms with Crippen LogP contribution in [0.5, 0.6) is 0 Å². The Morgan fingerprint density at radius 2 is 2.00 bits per heavy atom. The van der Waals surface area contributed by atoms with Crippen LogP contribution < -0.4 is 0 Å². The summed E-state index contributed by atoms with van der Waals surface area (Å²) in [7, 11) is 1.82. The van der Waals surface area contributed by atoms with Crippen molar-refractivity contribution in [3.8, 4) is 0 Å². The average molecular weight is 376 g/mol. The summed E-state index contributed by atoms with van der Waals surface area (Å²) in [6, 6.07) is 16.0. The van der Waals surface area contributed by atoms with Crippen molar-refractivity contribution in [1.82, 2.24) is 19.4 Å². The number of hydrogen-bond acceptors (Lipinski definition) is 3. The minimum Gasteiger partial charge on any atom is -0.346 e. The molecule has 0 N–H and O–H groups in total. The van der Waals surface area contributed by atoms with E-state index in [0.29, 0.717) is 19.6 Å². The van der Waals surface area contributed by atoms with Gasteiger partial charge in [-0.15, -0.1) is 0 Å². The Kier molecular flexibility index (Phi) is 5.10. The fourth-order valence-corrected chi connectivity index (χ4v) is 3.79. The second-order valence-corrected chi connectivity index (χ2v) is 7.32. The lowest BCUT2D eigenvalue weighted by molar-refractivity contribution is -0.134. The fourth-order valence-electron chi connectivity index (χ4n) is 3.79. The van der Waals surface area contributed by atoms with E-state index >= 15 is 0 Å². The van der Waals surface area contributed by atoms with Crippen molar-refractivity contribution in [2.75, 3.05) is 20.1 Å². The minimum atomic E-state index is -0.275. The molecule has 2 amide bonds. The van der Waals surface area contributed by atoms with Crippen LogP contribution in [0.3, 0.4) is 0 Å². The second-order valence-electron chi connectivity index (χ2n) is 7.32. The Bertz CT molecular complexity index is 982. The normalized spacial score (nSPS) is 16.7. The number of nitrogens with zero attached hydrogens (tertiary/aromatic N) is 4. The number of amides is 2. The summed E-state index contributed by atoms with van der Waals surface area (Å²) in [5.41, 5.74) is 2.01. The van der Waals surface area contributed by atoms with Crippen LogP contribution in [0.25, 0.3) is 10.9 Å². The van der Waals surface area contributed by atoms with Crippen molar-refractivity contribution in [2.24, 2.45) is 5.92 Å². The van der Waals surface area contributed by atoms with Crippen LogP contribution in [0.2, 0.25) is 0 Å². The molecule has 0 bridgehead atoms. The number of aromatic nitrogens is 2. The van der Waals surface area contributed by atoms with E-state index in [0.717, 1.165) is 12.2 Å². The van der Waals surface area contributed by atoms with Gasteiger partial charge in [0.15, 0.2) is 0 Å². The van der Waals surface area contributed by atoms with Crippen molar-refractivity contribution in [3.63, 3.8) is 0 Å². The lowest BCUT2D eigenvalue weighted by Gasteiger charge is -2.22. The molecule has 0 spiro atoms. The van der Waals surface area contributed by atoms with E-state index in [1.54, 1.807) is 16.0 Å². The van der Waals surface area contributed by atoms with Crippen LogP contribution >= 0.6 is 0 Å². The first-order chi connectivity index (χ1) is 13.6. The highest BCUT2D eigenvalue weighted by molar-refractivity contribution is 5.89. The Balaban J connectivity index is 1.34. The maximum absolute atomic E-state index is 12.8. The molecule has 1 aliphatic rings. The summed E-state index contributed by atoms with van der Waals surface area (Å²) >= 11 is 0. The highest BCUT2D eigenvalue weighted by Crippen LogP contribution is 2.22. The van der Waals surface area contributed by atoms with Gasteiger partial charge in [-0.1, -0.05) is 24.3 Å². The van der Waals surface area contributed by atoms with Gasteiger partial charge in [-0.25, -0.2) is 0 Å². The maximum atomic E-state index is 12.8. The summed E-state index contributed by atoms with van der Waals surface area (Å²) in [4.78, 5) is 32.9. The van der Waals surface area contributed by atoms with Crippen molar-refractivity contribution in [1.29, 1.82) is 0 Å². The smallest absolute Gasteiger partial charge is 0.227 e. The number of likely N-dealkylation sites (N-methyl/N-ethyl adjacent to an activating group) is 1. The van der Waals surface area contributed by atoms with Crippen molar-refractivity contribution in [2.45, 2.75) is 19.5 Å². The standard InChI is InChI=1S/C22H24N4O2/c1-24(12-13-25-11-9-17-6-2-3-8-20(17)25)22(28)18-14-21(27)26(15-18)16-19-7-4-5-10-23-19/h2-11,18H,12-16H2,1H3/t18-/m0/s1. The topological polar surface area (TPSA) is 58.4 Å². The van der Waals surface area contributed by atoms with E-state index < -0.39 is 0 Å². The number of likely N-dealkylation sites (tertiary alicyclic amines) is 1. The zero-order valence-corrected chi connectivity index (χ0v) is 16.0. The highest BCUT2D eigenvalue weighted by atomic mass is 16.2. The molecule has 28 heavy (non-hydrogen) atoms. The minimum absolute atomic E-state index is 0.0220. The molecule has 144 valence electrons. The predicted molar refractivity (Wildman–Crippen MR) is 107 cm³/mol. The monoisotopic (exact) mass is 376 g/mol. The first kappa shape index (κ1) is 18.2. The SMILES string of the molecule is CN(CCn1ccc2ccccc21)C(=O)[C@H]1CC(=O)N(Cc2ccccn2)C1. The summed E-state index contributed by atoms with van der Waals surface area (Å²) in [5, 5.41) is 1.20. The number of fused-ring (bicyclic) bond motifs is 1. The molecule has 0 radical (unpaired) electrons. The maximum Gasteiger partial charge on any atom is 0.227 e. The molecule has 3 heterocycles. The molecule has 6 nitrogen and oxygen atoms in total. The third-order valence-corrected chi connectivity index (χ3v) is 5.38. The Labute approximate surface area is 164 Å². The van der Waals surface area contributed by atoms with Crippen LogP contribution in [0.1, 0.15) is 12.1 Å². The molecule has 1 atom stereocenters. The molecule has 1 aliphatic heterocycles.